The second-order valence-electron chi connectivity index (χ2n) is 6.34. The summed E-state index contributed by atoms with van der Waals surface area (Å²) in [4.78, 5) is 4.85. The zero-order valence-electron chi connectivity index (χ0n) is 15.4. The van der Waals surface area contributed by atoms with Gasteiger partial charge in [-0.05, 0) is 30.2 Å². The summed E-state index contributed by atoms with van der Waals surface area (Å²) in [5, 5.41) is 0. The molecule has 0 fully saturated rings. The van der Waals surface area contributed by atoms with E-state index < -0.39 is 0 Å². The quantitative estimate of drug-likeness (QED) is 0.668. The fraction of sp³-hybridized carbons (Fsp3) is 0.350. The molecule has 0 amide bonds. The Morgan fingerprint density at radius 2 is 1.60 bits per heavy atom. The molecule has 0 spiro atoms. The Bertz CT molecular complexity index is 859. The average molecular weight is 340 g/mol. The average Bonchev–Trinajstić information content (AvgIpc) is 2.98. The van der Waals surface area contributed by atoms with Gasteiger partial charge in [0, 0.05) is 12.1 Å². The van der Waals surface area contributed by atoms with Crippen molar-refractivity contribution in [3.8, 4) is 28.6 Å². The van der Waals surface area contributed by atoms with E-state index in [4.69, 9.17) is 19.2 Å². The number of ether oxygens (including phenoxy) is 3. The molecule has 2 aromatic carbocycles. The van der Waals surface area contributed by atoms with Crippen LogP contribution in [0.15, 0.2) is 36.4 Å². The zero-order valence-corrected chi connectivity index (χ0v) is 15.4. The van der Waals surface area contributed by atoms with Gasteiger partial charge in [0.2, 0.25) is 5.75 Å². The minimum absolute atomic E-state index is 0.499. The van der Waals surface area contributed by atoms with Gasteiger partial charge in [-0.1, -0.05) is 26.0 Å². The fourth-order valence-electron chi connectivity index (χ4n) is 3.06. The molecule has 5 heteroatoms. The monoisotopic (exact) mass is 340 g/mol. The Hall–Kier alpha value is -2.69. The maximum Gasteiger partial charge on any atom is 0.203 e. The molecule has 0 unspecified atom stereocenters. The highest BCUT2D eigenvalue weighted by Gasteiger charge is 2.19. The van der Waals surface area contributed by atoms with E-state index in [1.165, 1.54) is 0 Å². The molecule has 1 aromatic heterocycles. The van der Waals surface area contributed by atoms with Crippen LogP contribution in [0.25, 0.3) is 22.4 Å². The van der Waals surface area contributed by atoms with Gasteiger partial charge in [-0.2, -0.15) is 0 Å². The smallest absolute Gasteiger partial charge is 0.203 e. The molecule has 0 radical (unpaired) electrons. The molecule has 3 rings (SSSR count). The number of methoxy groups -OCH3 is 3. The lowest BCUT2D eigenvalue weighted by Crippen LogP contribution is -2.06. The number of hydrogen-bond acceptors (Lipinski definition) is 4. The molecule has 0 aliphatic carbocycles. The third kappa shape index (κ3) is 3.14. The van der Waals surface area contributed by atoms with Crippen LogP contribution in [0.2, 0.25) is 0 Å². The molecule has 0 saturated carbocycles. The predicted octanol–water partition coefficient (Wildman–Crippen LogP) is 4.39. The van der Waals surface area contributed by atoms with Crippen molar-refractivity contribution in [2.75, 3.05) is 21.3 Å². The lowest BCUT2D eigenvalue weighted by molar-refractivity contribution is 0.324. The summed E-state index contributed by atoms with van der Waals surface area (Å²) in [6, 6.07) is 12.1. The molecular formula is C20H24N2O3. The van der Waals surface area contributed by atoms with Crippen molar-refractivity contribution in [1.29, 1.82) is 0 Å². The summed E-state index contributed by atoms with van der Waals surface area (Å²) < 4.78 is 18.7. The maximum absolute atomic E-state index is 5.49. The van der Waals surface area contributed by atoms with Crippen molar-refractivity contribution in [2.24, 2.45) is 5.92 Å². The Kier molecular flexibility index (Phi) is 4.83. The van der Waals surface area contributed by atoms with E-state index in [0.717, 1.165) is 29.0 Å². The molecule has 0 bridgehead atoms. The molecular weight excluding hydrogens is 316 g/mol. The van der Waals surface area contributed by atoms with Crippen LogP contribution >= 0.6 is 0 Å². The van der Waals surface area contributed by atoms with Crippen molar-refractivity contribution in [2.45, 2.75) is 20.4 Å². The molecule has 132 valence electrons. The number of nitrogens with zero attached hydrogens (tertiary/aromatic N) is 2. The van der Waals surface area contributed by atoms with Crippen molar-refractivity contribution >= 4 is 11.0 Å². The van der Waals surface area contributed by atoms with Gasteiger partial charge < -0.3 is 18.8 Å². The van der Waals surface area contributed by atoms with Crippen LogP contribution in [0, 0.1) is 5.92 Å². The van der Waals surface area contributed by atoms with E-state index in [-0.39, 0.29) is 0 Å². The largest absolute Gasteiger partial charge is 0.493 e. The SMILES string of the molecule is COc1cc(-c2nc3ccccc3n2CC(C)C)cc(OC)c1OC. The number of imidazole rings is 1. The summed E-state index contributed by atoms with van der Waals surface area (Å²) in [5.41, 5.74) is 3.04. The standard InChI is InChI=1S/C20H24N2O3/c1-13(2)12-22-16-9-7-6-8-15(16)21-20(22)14-10-17(23-3)19(25-5)18(11-14)24-4/h6-11,13H,12H2,1-5H3. The summed E-state index contributed by atoms with van der Waals surface area (Å²) in [5.74, 6) is 3.23. The van der Waals surface area contributed by atoms with E-state index >= 15 is 0 Å². The van der Waals surface area contributed by atoms with Crippen LogP contribution in [0.4, 0.5) is 0 Å². The minimum Gasteiger partial charge on any atom is -0.493 e. The second-order valence-corrected chi connectivity index (χ2v) is 6.34. The van der Waals surface area contributed by atoms with Crippen LogP contribution < -0.4 is 14.2 Å². The number of fused-ring (bicyclic) bond motifs is 1. The number of benzene rings is 2. The highest BCUT2D eigenvalue weighted by atomic mass is 16.5. The summed E-state index contributed by atoms with van der Waals surface area (Å²) in [6.07, 6.45) is 0. The maximum atomic E-state index is 5.49. The zero-order chi connectivity index (χ0) is 18.0. The number of aromatic nitrogens is 2. The molecule has 0 N–H and O–H groups in total. The van der Waals surface area contributed by atoms with Crippen LogP contribution in [0.3, 0.4) is 0 Å². The fourth-order valence-corrected chi connectivity index (χ4v) is 3.06. The minimum atomic E-state index is 0.499. The molecule has 25 heavy (non-hydrogen) atoms. The van der Waals surface area contributed by atoms with Crippen LogP contribution in [-0.4, -0.2) is 30.9 Å². The van der Waals surface area contributed by atoms with Gasteiger partial charge >= 0.3 is 0 Å². The third-order valence-electron chi connectivity index (χ3n) is 4.13. The highest BCUT2D eigenvalue weighted by Crippen LogP contribution is 2.41. The first kappa shape index (κ1) is 17.1. The molecule has 3 aromatic rings. The van der Waals surface area contributed by atoms with Gasteiger partial charge in [-0.3, -0.25) is 0 Å². The van der Waals surface area contributed by atoms with E-state index in [1.807, 2.05) is 30.3 Å². The number of para-hydroxylation sites is 2. The highest BCUT2D eigenvalue weighted by molar-refractivity contribution is 5.81. The van der Waals surface area contributed by atoms with Gasteiger partial charge in [0.05, 0.1) is 32.4 Å². The van der Waals surface area contributed by atoms with Crippen LogP contribution in [0.1, 0.15) is 13.8 Å². The van der Waals surface area contributed by atoms with Crippen molar-refractivity contribution in [3.63, 3.8) is 0 Å². The van der Waals surface area contributed by atoms with Crippen molar-refractivity contribution in [3.05, 3.63) is 36.4 Å². The molecule has 5 nitrogen and oxygen atoms in total. The molecule has 0 aliphatic rings. The lowest BCUT2D eigenvalue weighted by atomic mass is 10.1. The van der Waals surface area contributed by atoms with E-state index in [2.05, 4.69) is 24.5 Å². The summed E-state index contributed by atoms with van der Waals surface area (Å²) in [7, 11) is 4.85. The third-order valence-corrected chi connectivity index (χ3v) is 4.13. The first-order valence-electron chi connectivity index (χ1n) is 8.34. The van der Waals surface area contributed by atoms with Gasteiger partial charge in [-0.25, -0.2) is 4.98 Å². The first-order valence-corrected chi connectivity index (χ1v) is 8.34. The van der Waals surface area contributed by atoms with E-state index in [0.29, 0.717) is 23.2 Å². The molecule has 0 aliphatic heterocycles. The van der Waals surface area contributed by atoms with Crippen LogP contribution in [0.5, 0.6) is 17.2 Å². The lowest BCUT2D eigenvalue weighted by Gasteiger charge is -2.16. The summed E-state index contributed by atoms with van der Waals surface area (Å²) in [6.45, 7) is 5.29. The van der Waals surface area contributed by atoms with Crippen LogP contribution in [-0.2, 0) is 6.54 Å². The topological polar surface area (TPSA) is 45.5 Å². The Labute approximate surface area is 148 Å². The first-order chi connectivity index (χ1) is 12.1. The normalized spacial score (nSPS) is 11.1. The molecule has 0 atom stereocenters. The predicted molar refractivity (Wildman–Crippen MR) is 99.7 cm³/mol. The Morgan fingerprint density at radius 1 is 0.960 bits per heavy atom. The summed E-state index contributed by atoms with van der Waals surface area (Å²) >= 11 is 0. The molecule has 0 saturated heterocycles. The van der Waals surface area contributed by atoms with Crippen molar-refractivity contribution < 1.29 is 14.2 Å². The molecule has 1 heterocycles. The number of hydrogen-bond donors (Lipinski definition) is 0. The van der Waals surface area contributed by atoms with E-state index in [1.54, 1.807) is 21.3 Å². The van der Waals surface area contributed by atoms with Gasteiger partial charge in [0.1, 0.15) is 5.82 Å². The van der Waals surface area contributed by atoms with Gasteiger partial charge in [0.15, 0.2) is 11.5 Å². The van der Waals surface area contributed by atoms with E-state index in [9.17, 15) is 0 Å². The Morgan fingerprint density at radius 3 is 2.16 bits per heavy atom. The van der Waals surface area contributed by atoms with Gasteiger partial charge in [-0.15, -0.1) is 0 Å². The van der Waals surface area contributed by atoms with Crippen molar-refractivity contribution in [1.82, 2.24) is 9.55 Å². The Balaban J connectivity index is 2.25. The van der Waals surface area contributed by atoms with Gasteiger partial charge in [0.25, 0.3) is 0 Å². The number of rotatable bonds is 6. The second kappa shape index (κ2) is 7.05.